The van der Waals surface area contributed by atoms with E-state index in [2.05, 4.69) is 19.2 Å². The molecule has 1 aromatic carbocycles. The number of nitrogens with two attached hydrogens (primary N) is 1. The molecule has 0 spiro atoms. The van der Waals surface area contributed by atoms with Crippen LogP contribution in [0.1, 0.15) is 31.0 Å². The van der Waals surface area contributed by atoms with Crippen LogP contribution in [0, 0.1) is 24.6 Å². The van der Waals surface area contributed by atoms with Gasteiger partial charge < -0.3 is 11.1 Å². The van der Waals surface area contributed by atoms with E-state index >= 15 is 0 Å². The third-order valence-corrected chi connectivity index (χ3v) is 3.41. The Hall–Kier alpha value is -0.930. The van der Waals surface area contributed by atoms with Crippen molar-refractivity contribution in [1.82, 2.24) is 5.32 Å². The summed E-state index contributed by atoms with van der Waals surface area (Å²) in [5.74, 6) is 0.685. The van der Waals surface area contributed by atoms with Crippen molar-refractivity contribution in [1.29, 1.82) is 0 Å². The molecule has 96 valence electrons. The number of hydrogen-bond acceptors (Lipinski definition) is 2. The molecule has 2 atom stereocenters. The number of aryl methyl sites for hydroxylation is 1. The van der Waals surface area contributed by atoms with Crippen molar-refractivity contribution < 1.29 is 4.39 Å². The third-order valence-electron chi connectivity index (χ3n) is 3.41. The van der Waals surface area contributed by atoms with Crippen LogP contribution < -0.4 is 11.1 Å². The molecule has 0 bridgehead atoms. The van der Waals surface area contributed by atoms with Crippen LogP contribution in [0.4, 0.5) is 4.39 Å². The highest BCUT2D eigenvalue weighted by atomic mass is 19.1. The zero-order chi connectivity index (χ0) is 13.0. The summed E-state index contributed by atoms with van der Waals surface area (Å²) in [6.45, 7) is 6.74. The molecule has 0 aliphatic rings. The van der Waals surface area contributed by atoms with Gasteiger partial charge in [-0.3, -0.25) is 0 Å². The van der Waals surface area contributed by atoms with Crippen molar-refractivity contribution in [3.8, 4) is 0 Å². The fourth-order valence-corrected chi connectivity index (χ4v) is 2.28. The molecule has 0 radical (unpaired) electrons. The number of hydrogen-bond donors (Lipinski definition) is 2. The Morgan fingerprint density at radius 1 is 1.35 bits per heavy atom. The first-order valence-electron chi connectivity index (χ1n) is 6.14. The van der Waals surface area contributed by atoms with Gasteiger partial charge in [-0.15, -0.1) is 0 Å². The molecule has 0 fully saturated rings. The van der Waals surface area contributed by atoms with Crippen molar-refractivity contribution in [3.63, 3.8) is 0 Å². The predicted molar refractivity (Wildman–Crippen MR) is 70.3 cm³/mol. The average molecular weight is 238 g/mol. The highest BCUT2D eigenvalue weighted by Crippen LogP contribution is 2.28. The van der Waals surface area contributed by atoms with Gasteiger partial charge in [0.15, 0.2) is 0 Å². The Labute approximate surface area is 103 Å². The van der Waals surface area contributed by atoms with E-state index in [1.54, 1.807) is 6.92 Å². The molecule has 0 amide bonds. The molecular formula is C14H23FN2. The van der Waals surface area contributed by atoms with Gasteiger partial charge in [0, 0.05) is 6.04 Å². The third kappa shape index (κ3) is 3.27. The molecule has 0 saturated heterocycles. The van der Waals surface area contributed by atoms with Crippen LogP contribution in [0.15, 0.2) is 18.2 Å². The molecule has 0 heterocycles. The first kappa shape index (κ1) is 14.1. The van der Waals surface area contributed by atoms with E-state index in [0.717, 1.165) is 5.56 Å². The predicted octanol–water partition coefficient (Wildman–Crippen LogP) is 2.63. The lowest BCUT2D eigenvalue weighted by molar-refractivity contribution is 0.298. The highest BCUT2D eigenvalue weighted by molar-refractivity contribution is 5.27. The lowest BCUT2D eigenvalue weighted by Gasteiger charge is -2.29. The summed E-state index contributed by atoms with van der Waals surface area (Å²) in [7, 11) is 1.92. The second-order valence-corrected chi connectivity index (χ2v) is 4.92. The maximum atomic E-state index is 13.3. The summed E-state index contributed by atoms with van der Waals surface area (Å²) in [4.78, 5) is 0. The van der Waals surface area contributed by atoms with E-state index < -0.39 is 0 Å². The van der Waals surface area contributed by atoms with E-state index in [1.807, 2.05) is 19.2 Å². The largest absolute Gasteiger partial charge is 0.330 e. The molecule has 0 aliphatic carbocycles. The van der Waals surface area contributed by atoms with Gasteiger partial charge in [0.25, 0.3) is 0 Å². The minimum absolute atomic E-state index is 0.155. The number of benzene rings is 1. The summed E-state index contributed by atoms with van der Waals surface area (Å²) in [6, 6.07) is 5.46. The first-order valence-corrected chi connectivity index (χ1v) is 6.14. The van der Waals surface area contributed by atoms with Crippen molar-refractivity contribution in [2.45, 2.75) is 26.8 Å². The van der Waals surface area contributed by atoms with Gasteiger partial charge in [0.05, 0.1) is 0 Å². The summed E-state index contributed by atoms with van der Waals surface area (Å²) < 4.78 is 13.3. The van der Waals surface area contributed by atoms with Gasteiger partial charge in [-0.25, -0.2) is 4.39 Å². The van der Waals surface area contributed by atoms with Crippen LogP contribution in [0.3, 0.4) is 0 Å². The Balaban J connectivity index is 3.03. The minimum atomic E-state index is -0.155. The van der Waals surface area contributed by atoms with Crippen LogP contribution in [0.2, 0.25) is 0 Å². The monoisotopic (exact) mass is 238 g/mol. The molecule has 1 aromatic rings. The number of nitrogens with one attached hydrogen (secondary N) is 1. The lowest BCUT2D eigenvalue weighted by atomic mass is 9.84. The van der Waals surface area contributed by atoms with E-state index in [-0.39, 0.29) is 11.9 Å². The molecule has 2 nitrogen and oxygen atoms in total. The van der Waals surface area contributed by atoms with Crippen molar-refractivity contribution in [2.75, 3.05) is 13.6 Å². The van der Waals surface area contributed by atoms with Gasteiger partial charge in [-0.2, -0.15) is 0 Å². The Morgan fingerprint density at radius 3 is 2.41 bits per heavy atom. The summed E-state index contributed by atoms with van der Waals surface area (Å²) in [5.41, 5.74) is 7.63. The van der Waals surface area contributed by atoms with Crippen molar-refractivity contribution in [3.05, 3.63) is 35.1 Å². The van der Waals surface area contributed by atoms with Gasteiger partial charge in [0.1, 0.15) is 5.82 Å². The average Bonchev–Trinajstić information content (AvgIpc) is 2.29. The number of rotatable bonds is 5. The summed E-state index contributed by atoms with van der Waals surface area (Å²) in [6.07, 6.45) is 0. The lowest BCUT2D eigenvalue weighted by Crippen LogP contribution is -2.34. The fraction of sp³-hybridized carbons (Fsp3) is 0.571. The SMILES string of the molecule is CNC(c1ccc(F)c(C)c1)C(CN)C(C)C. The van der Waals surface area contributed by atoms with E-state index in [4.69, 9.17) is 5.73 Å². The van der Waals surface area contributed by atoms with Crippen LogP contribution in [-0.4, -0.2) is 13.6 Å². The Bertz CT molecular complexity index is 363. The quantitative estimate of drug-likeness (QED) is 0.827. The van der Waals surface area contributed by atoms with E-state index in [1.165, 1.54) is 6.07 Å². The topological polar surface area (TPSA) is 38.0 Å². The summed E-state index contributed by atoms with van der Waals surface area (Å²) >= 11 is 0. The van der Waals surface area contributed by atoms with Crippen LogP contribution in [-0.2, 0) is 0 Å². The van der Waals surface area contributed by atoms with Gasteiger partial charge >= 0.3 is 0 Å². The maximum absolute atomic E-state index is 13.3. The second kappa shape index (κ2) is 6.12. The highest BCUT2D eigenvalue weighted by Gasteiger charge is 2.23. The zero-order valence-corrected chi connectivity index (χ0v) is 11.1. The van der Waals surface area contributed by atoms with Gasteiger partial charge in [-0.05, 0) is 49.5 Å². The standard InChI is InChI=1S/C14H23FN2/c1-9(2)12(8-16)14(17-4)11-5-6-13(15)10(3)7-11/h5-7,9,12,14,17H,8,16H2,1-4H3. The van der Waals surface area contributed by atoms with E-state index in [0.29, 0.717) is 23.9 Å². The summed E-state index contributed by atoms with van der Waals surface area (Å²) in [5, 5.41) is 3.29. The smallest absolute Gasteiger partial charge is 0.126 e. The minimum Gasteiger partial charge on any atom is -0.330 e. The molecule has 0 saturated carbocycles. The Kier molecular flexibility index (Phi) is 5.09. The molecule has 1 rings (SSSR count). The molecule has 3 heteroatoms. The second-order valence-electron chi connectivity index (χ2n) is 4.92. The maximum Gasteiger partial charge on any atom is 0.126 e. The molecule has 17 heavy (non-hydrogen) atoms. The van der Waals surface area contributed by atoms with Crippen molar-refractivity contribution >= 4 is 0 Å². The van der Waals surface area contributed by atoms with Gasteiger partial charge in [-0.1, -0.05) is 26.0 Å². The normalized spacial score (nSPS) is 15.0. The molecule has 2 unspecified atom stereocenters. The number of halogens is 1. The molecular weight excluding hydrogens is 215 g/mol. The van der Waals surface area contributed by atoms with Crippen LogP contribution in [0.5, 0.6) is 0 Å². The van der Waals surface area contributed by atoms with Crippen molar-refractivity contribution in [2.24, 2.45) is 17.6 Å². The van der Waals surface area contributed by atoms with Gasteiger partial charge in [0.2, 0.25) is 0 Å². The molecule has 0 aromatic heterocycles. The molecule has 3 N–H and O–H groups in total. The van der Waals surface area contributed by atoms with Crippen LogP contribution in [0.25, 0.3) is 0 Å². The van der Waals surface area contributed by atoms with Crippen LogP contribution >= 0.6 is 0 Å². The van der Waals surface area contributed by atoms with E-state index in [9.17, 15) is 4.39 Å². The first-order chi connectivity index (χ1) is 8.01. The Morgan fingerprint density at radius 2 is 2.00 bits per heavy atom. The zero-order valence-electron chi connectivity index (χ0n) is 11.1. The molecule has 0 aliphatic heterocycles. The fourth-order valence-electron chi connectivity index (χ4n) is 2.28.